The molecule has 0 aromatic rings. The first-order valence-electron chi connectivity index (χ1n) is 5.49. The molecule has 2 aliphatic rings. The highest BCUT2D eigenvalue weighted by molar-refractivity contribution is 5.89. The van der Waals surface area contributed by atoms with Crippen molar-refractivity contribution in [1.82, 2.24) is 16.0 Å². The van der Waals surface area contributed by atoms with Gasteiger partial charge in [-0.15, -0.1) is 0 Å². The molecule has 2 heterocycles. The largest absolute Gasteiger partial charge is 0.355 e. The van der Waals surface area contributed by atoms with Gasteiger partial charge in [0.05, 0.1) is 5.92 Å². The normalized spacial score (nSPS) is 28.8. The van der Waals surface area contributed by atoms with Gasteiger partial charge in [0.2, 0.25) is 17.7 Å². The number of rotatable bonds is 3. The predicted octanol–water partition coefficient (Wildman–Crippen LogP) is -1.48. The second-order valence-electron chi connectivity index (χ2n) is 4.25. The first-order chi connectivity index (χ1) is 7.65. The van der Waals surface area contributed by atoms with Gasteiger partial charge in [0, 0.05) is 32.0 Å². The van der Waals surface area contributed by atoms with Crippen molar-refractivity contribution in [1.29, 1.82) is 0 Å². The van der Waals surface area contributed by atoms with E-state index in [0.717, 1.165) is 6.42 Å². The number of hydrogen-bond acceptors (Lipinski definition) is 3. The van der Waals surface area contributed by atoms with Crippen molar-refractivity contribution >= 4 is 17.7 Å². The molecule has 6 heteroatoms. The summed E-state index contributed by atoms with van der Waals surface area (Å²) in [4.78, 5) is 33.4. The SMILES string of the molecule is O=C1CC(C(=O)NCC2CCC(=O)N2)CN1. The quantitative estimate of drug-likeness (QED) is 0.547. The molecule has 2 unspecified atom stereocenters. The molecule has 0 aliphatic carbocycles. The van der Waals surface area contributed by atoms with Crippen molar-refractivity contribution < 1.29 is 14.4 Å². The van der Waals surface area contributed by atoms with Gasteiger partial charge in [-0.1, -0.05) is 0 Å². The van der Waals surface area contributed by atoms with Crippen molar-refractivity contribution in [3.8, 4) is 0 Å². The summed E-state index contributed by atoms with van der Waals surface area (Å²) in [6.07, 6.45) is 1.56. The molecule has 88 valence electrons. The molecule has 0 aromatic carbocycles. The smallest absolute Gasteiger partial charge is 0.225 e. The standard InChI is InChI=1S/C10H15N3O3/c14-8-2-1-7(13-8)5-12-10(16)6-3-9(15)11-4-6/h6-7H,1-5H2,(H,11,15)(H,12,16)(H,13,14). The minimum absolute atomic E-state index is 0.0389. The van der Waals surface area contributed by atoms with Gasteiger partial charge in [-0.05, 0) is 6.42 Å². The van der Waals surface area contributed by atoms with E-state index in [0.29, 0.717) is 19.5 Å². The minimum Gasteiger partial charge on any atom is -0.355 e. The Kier molecular flexibility index (Phi) is 3.07. The van der Waals surface area contributed by atoms with Crippen LogP contribution in [-0.4, -0.2) is 36.9 Å². The number of nitrogens with one attached hydrogen (secondary N) is 3. The lowest BCUT2D eigenvalue weighted by Crippen LogP contribution is -2.41. The molecule has 0 bridgehead atoms. The van der Waals surface area contributed by atoms with Crippen LogP contribution in [0.15, 0.2) is 0 Å². The average molecular weight is 225 g/mol. The zero-order valence-corrected chi connectivity index (χ0v) is 8.91. The van der Waals surface area contributed by atoms with Crippen molar-refractivity contribution in [3.63, 3.8) is 0 Å². The minimum atomic E-state index is -0.260. The van der Waals surface area contributed by atoms with E-state index in [-0.39, 0.29) is 36.1 Å². The molecule has 0 radical (unpaired) electrons. The Morgan fingerprint density at radius 3 is 2.75 bits per heavy atom. The van der Waals surface area contributed by atoms with Gasteiger partial charge >= 0.3 is 0 Å². The second-order valence-corrected chi connectivity index (χ2v) is 4.25. The van der Waals surface area contributed by atoms with Crippen LogP contribution < -0.4 is 16.0 Å². The van der Waals surface area contributed by atoms with Gasteiger partial charge in [-0.25, -0.2) is 0 Å². The molecular formula is C10H15N3O3. The molecular weight excluding hydrogens is 210 g/mol. The molecule has 2 atom stereocenters. The maximum absolute atomic E-state index is 11.6. The van der Waals surface area contributed by atoms with E-state index in [1.165, 1.54) is 0 Å². The Balaban J connectivity index is 1.71. The van der Waals surface area contributed by atoms with Crippen LogP contribution in [0.2, 0.25) is 0 Å². The fourth-order valence-corrected chi connectivity index (χ4v) is 1.99. The number of amides is 3. The van der Waals surface area contributed by atoms with Gasteiger partial charge < -0.3 is 16.0 Å². The molecule has 3 N–H and O–H groups in total. The van der Waals surface area contributed by atoms with Crippen LogP contribution in [-0.2, 0) is 14.4 Å². The molecule has 2 saturated heterocycles. The van der Waals surface area contributed by atoms with E-state index in [1.54, 1.807) is 0 Å². The Morgan fingerprint density at radius 1 is 1.38 bits per heavy atom. The van der Waals surface area contributed by atoms with Crippen LogP contribution >= 0.6 is 0 Å². The Bertz CT molecular complexity index is 329. The zero-order chi connectivity index (χ0) is 11.5. The fourth-order valence-electron chi connectivity index (χ4n) is 1.99. The van der Waals surface area contributed by atoms with Crippen LogP contribution in [0.4, 0.5) is 0 Å². The summed E-state index contributed by atoms with van der Waals surface area (Å²) in [6, 6.07) is 0.0431. The highest BCUT2D eigenvalue weighted by Crippen LogP contribution is 2.09. The highest BCUT2D eigenvalue weighted by Gasteiger charge is 2.28. The van der Waals surface area contributed by atoms with E-state index in [2.05, 4.69) is 16.0 Å². The molecule has 2 aliphatic heterocycles. The van der Waals surface area contributed by atoms with Crippen LogP contribution in [0.3, 0.4) is 0 Å². The molecule has 0 saturated carbocycles. The molecule has 0 spiro atoms. The lowest BCUT2D eigenvalue weighted by atomic mass is 10.1. The maximum atomic E-state index is 11.6. The first kappa shape index (κ1) is 10.9. The molecule has 3 amide bonds. The lowest BCUT2D eigenvalue weighted by Gasteiger charge is -2.13. The summed E-state index contributed by atoms with van der Waals surface area (Å²) in [5, 5.41) is 8.15. The monoisotopic (exact) mass is 225 g/mol. The first-order valence-corrected chi connectivity index (χ1v) is 5.49. The molecule has 6 nitrogen and oxygen atoms in total. The van der Waals surface area contributed by atoms with E-state index < -0.39 is 0 Å². The Morgan fingerprint density at radius 2 is 2.19 bits per heavy atom. The molecule has 16 heavy (non-hydrogen) atoms. The molecule has 0 aromatic heterocycles. The van der Waals surface area contributed by atoms with Gasteiger partial charge in [0.15, 0.2) is 0 Å². The average Bonchev–Trinajstić information content (AvgIpc) is 2.84. The van der Waals surface area contributed by atoms with Crippen LogP contribution in [0, 0.1) is 5.92 Å². The topological polar surface area (TPSA) is 87.3 Å². The van der Waals surface area contributed by atoms with Gasteiger partial charge in [0.25, 0.3) is 0 Å². The zero-order valence-electron chi connectivity index (χ0n) is 8.91. The second kappa shape index (κ2) is 4.51. The third-order valence-corrected chi connectivity index (χ3v) is 2.96. The molecule has 2 rings (SSSR count). The van der Waals surface area contributed by atoms with Crippen molar-refractivity contribution in [2.75, 3.05) is 13.1 Å². The third-order valence-electron chi connectivity index (χ3n) is 2.96. The van der Waals surface area contributed by atoms with E-state index in [9.17, 15) is 14.4 Å². The number of hydrogen-bond donors (Lipinski definition) is 3. The van der Waals surface area contributed by atoms with Crippen LogP contribution in [0.5, 0.6) is 0 Å². The summed E-state index contributed by atoms with van der Waals surface area (Å²) in [5.41, 5.74) is 0. The number of carbonyl (C=O) groups is 3. The summed E-state index contributed by atoms with van der Waals surface area (Å²) in [5.74, 6) is -0.407. The van der Waals surface area contributed by atoms with Crippen molar-refractivity contribution in [2.45, 2.75) is 25.3 Å². The van der Waals surface area contributed by atoms with Gasteiger partial charge in [-0.3, -0.25) is 14.4 Å². The Hall–Kier alpha value is -1.59. The van der Waals surface area contributed by atoms with E-state index in [1.807, 2.05) is 0 Å². The molecule has 2 fully saturated rings. The van der Waals surface area contributed by atoms with Crippen LogP contribution in [0.25, 0.3) is 0 Å². The van der Waals surface area contributed by atoms with Crippen LogP contribution in [0.1, 0.15) is 19.3 Å². The number of carbonyl (C=O) groups excluding carboxylic acids is 3. The fraction of sp³-hybridized carbons (Fsp3) is 0.700. The summed E-state index contributed by atoms with van der Waals surface area (Å²) < 4.78 is 0. The van der Waals surface area contributed by atoms with E-state index >= 15 is 0 Å². The third kappa shape index (κ3) is 2.50. The Labute approximate surface area is 93.1 Å². The van der Waals surface area contributed by atoms with Gasteiger partial charge in [-0.2, -0.15) is 0 Å². The predicted molar refractivity (Wildman–Crippen MR) is 55.3 cm³/mol. The van der Waals surface area contributed by atoms with Crippen molar-refractivity contribution in [2.24, 2.45) is 5.92 Å². The summed E-state index contributed by atoms with van der Waals surface area (Å²) in [7, 11) is 0. The van der Waals surface area contributed by atoms with Gasteiger partial charge in [0.1, 0.15) is 0 Å². The maximum Gasteiger partial charge on any atom is 0.225 e. The lowest BCUT2D eigenvalue weighted by molar-refractivity contribution is -0.126. The van der Waals surface area contributed by atoms with E-state index in [4.69, 9.17) is 0 Å². The highest BCUT2D eigenvalue weighted by atomic mass is 16.2. The summed E-state index contributed by atoms with van der Waals surface area (Å²) in [6.45, 7) is 0.872. The summed E-state index contributed by atoms with van der Waals surface area (Å²) >= 11 is 0. The van der Waals surface area contributed by atoms with Crippen molar-refractivity contribution in [3.05, 3.63) is 0 Å².